The average Bonchev–Trinajstić information content (AvgIpc) is 2.56. The molecule has 120 valence electrons. The Bertz CT molecular complexity index is 654. The maximum atomic E-state index is 12.1. The van der Waals surface area contributed by atoms with Crippen molar-refractivity contribution < 1.29 is 14.3 Å². The molecule has 0 bridgehead atoms. The molecule has 2 aromatic rings. The van der Waals surface area contributed by atoms with Gasteiger partial charge in [0.15, 0.2) is 0 Å². The first-order valence-corrected chi connectivity index (χ1v) is 7.47. The predicted molar refractivity (Wildman–Crippen MR) is 89.1 cm³/mol. The molecule has 5 heteroatoms. The van der Waals surface area contributed by atoms with Crippen LogP contribution in [0.4, 0.5) is 5.69 Å². The van der Waals surface area contributed by atoms with Crippen LogP contribution in [-0.2, 0) is 16.0 Å². The first-order valence-electron chi connectivity index (χ1n) is 7.47. The number of carbonyl (C=O) groups is 2. The lowest BCUT2D eigenvalue weighted by Crippen LogP contribution is -2.37. The van der Waals surface area contributed by atoms with Crippen molar-refractivity contribution in [2.45, 2.75) is 19.4 Å². The van der Waals surface area contributed by atoms with E-state index in [4.69, 9.17) is 10.5 Å². The van der Waals surface area contributed by atoms with E-state index in [2.05, 4.69) is 5.32 Å². The normalized spacial score (nSPS) is 11.6. The molecule has 0 aliphatic rings. The van der Waals surface area contributed by atoms with Crippen LogP contribution in [-0.4, -0.2) is 24.5 Å². The molecule has 3 N–H and O–H groups in total. The second kappa shape index (κ2) is 8.10. The van der Waals surface area contributed by atoms with Crippen LogP contribution >= 0.6 is 0 Å². The summed E-state index contributed by atoms with van der Waals surface area (Å²) in [6.07, 6.45) is 0.466. The van der Waals surface area contributed by atoms with Gasteiger partial charge in [0.25, 0.3) is 0 Å². The monoisotopic (exact) mass is 312 g/mol. The van der Waals surface area contributed by atoms with Crippen molar-refractivity contribution in [3.63, 3.8) is 0 Å². The van der Waals surface area contributed by atoms with Crippen molar-refractivity contribution in [3.8, 4) is 0 Å². The number of anilines is 1. The molecule has 23 heavy (non-hydrogen) atoms. The highest BCUT2D eigenvalue weighted by Crippen LogP contribution is 2.11. The summed E-state index contributed by atoms with van der Waals surface area (Å²) in [6.45, 7) is 2.08. The van der Waals surface area contributed by atoms with Crippen molar-refractivity contribution in [1.29, 1.82) is 0 Å². The summed E-state index contributed by atoms with van der Waals surface area (Å²) in [4.78, 5) is 23.7. The third-order valence-corrected chi connectivity index (χ3v) is 3.30. The Morgan fingerprint density at radius 2 is 1.74 bits per heavy atom. The molecule has 0 aromatic heterocycles. The van der Waals surface area contributed by atoms with Crippen molar-refractivity contribution in [1.82, 2.24) is 0 Å². The molecule has 0 heterocycles. The fraction of sp³-hybridized carbons (Fsp3) is 0.222. The van der Waals surface area contributed by atoms with Gasteiger partial charge in [-0.1, -0.05) is 30.3 Å². The smallest absolute Gasteiger partial charge is 0.338 e. The summed E-state index contributed by atoms with van der Waals surface area (Å²) < 4.78 is 4.91. The largest absolute Gasteiger partial charge is 0.462 e. The van der Waals surface area contributed by atoms with Crippen molar-refractivity contribution in [2.24, 2.45) is 5.73 Å². The lowest BCUT2D eigenvalue weighted by molar-refractivity contribution is -0.117. The summed E-state index contributed by atoms with van der Waals surface area (Å²) >= 11 is 0. The molecule has 1 unspecified atom stereocenters. The summed E-state index contributed by atoms with van der Waals surface area (Å²) in [5, 5.41) is 2.74. The molecule has 0 aliphatic carbocycles. The van der Waals surface area contributed by atoms with Crippen LogP contribution in [0.2, 0.25) is 0 Å². The van der Waals surface area contributed by atoms with Gasteiger partial charge in [-0.2, -0.15) is 0 Å². The van der Waals surface area contributed by atoms with E-state index in [1.54, 1.807) is 31.2 Å². The lowest BCUT2D eigenvalue weighted by Gasteiger charge is -2.12. The highest BCUT2D eigenvalue weighted by atomic mass is 16.5. The molecule has 0 spiro atoms. The number of rotatable bonds is 6. The molecular weight excluding hydrogens is 292 g/mol. The Labute approximate surface area is 135 Å². The van der Waals surface area contributed by atoms with Gasteiger partial charge in [0, 0.05) is 5.69 Å². The molecular formula is C18H20N2O3. The van der Waals surface area contributed by atoms with Crippen LogP contribution in [0, 0.1) is 0 Å². The van der Waals surface area contributed by atoms with Crippen molar-refractivity contribution >= 4 is 17.6 Å². The maximum absolute atomic E-state index is 12.1. The number of esters is 1. The standard InChI is InChI=1S/C18H20N2O3/c1-2-23-18(22)14-8-10-15(11-9-14)20-17(21)16(19)12-13-6-4-3-5-7-13/h3-11,16H,2,12,19H2,1H3,(H,20,21). The molecule has 1 atom stereocenters. The molecule has 2 aromatic carbocycles. The minimum atomic E-state index is -0.637. The van der Waals surface area contributed by atoms with Gasteiger partial charge in [-0.05, 0) is 43.2 Å². The Morgan fingerprint density at radius 3 is 2.35 bits per heavy atom. The van der Waals surface area contributed by atoms with Crippen molar-refractivity contribution in [3.05, 3.63) is 65.7 Å². The number of amides is 1. The van der Waals surface area contributed by atoms with Crippen LogP contribution in [0.3, 0.4) is 0 Å². The first-order chi connectivity index (χ1) is 11.1. The van der Waals surface area contributed by atoms with E-state index in [0.717, 1.165) is 5.56 Å². The predicted octanol–water partition coefficient (Wildman–Crippen LogP) is 2.37. The SMILES string of the molecule is CCOC(=O)c1ccc(NC(=O)C(N)Cc2ccccc2)cc1. The maximum Gasteiger partial charge on any atom is 0.338 e. The Morgan fingerprint density at radius 1 is 1.09 bits per heavy atom. The zero-order chi connectivity index (χ0) is 16.7. The number of nitrogens with two attached hydrogens (primary N) is 1. The van der Waals surface area contributed by atoms with E-state index >= 15 is 0 Å². The number of ether oxygens (including phenoxy) is 1. The quantitative estimate of drug-likeness (QED) is 0.802. The fourth-order valence-electron chi connectivity index (χ4n) is 2.10. The number of carbonyl (C=O) groups excluding carboxylic acids is 2. The minimum absolute atomic E-state index is 0.266. The first kappa shape index (κ1) is 16.7. The third kappa shape index (κ3) is 4.93. The van der Waals surface area contributed by atoms with Gasteiger partial charge >= 0.3 is 5.97 Å². The zero-order valence-electron chi connectivity index (χ0n) is 13.0. The number of benzene rings is 2. The van der Waals surface area contributed by atoms with E-state index in [1.807, 2.05) is 30.3 Å². The highest BCUT2D eigenvalue weighted by molar-refractivity contribution is 5.95. The third-order valence-electron chi connectivity index (χ3n) is 3.30. The van der Waals surface area contributed by atoms with Gasteiger partial charge in [0.1, 0.15) is 0 Å². The second-order valence-corrected chi connectivity index (χ2v) is 5.08. The highest BCUT2D eigenvalue weighted by Gasteiger charge is 2.14. The lowest BCUT2D eigenvalue weighted by atomic mass is 10.1. The van der Waals surface area contributed by atoms with Gasteiger partial charge in [-0.3, -0.25) is 4.79 Å². The Hall–Kier alpha value is -2.66. The van der Waals surface area contributed by atoms with Crippen molar-refractivity contribution in [2.75, 3.05) is 11.9 Å². The molecule has 0 radical (unpaired) electrons. The number of hydrogen-bond donors (Lipinski definition) is 2. The summed E-state index contributed by atoms with van der Waals surface area (Å²) in [7, 11) is 0. The van der Waals surface area contributed by atoms with Gasteiger partial charge in [-0.15, -0.1) is 0 Å². The van der Waals surface area contributed by atoms with Gasteiger partial charge in [0.05, 0.1) is 18.2 Å². The van der Waals surface area contributed by atoms with Crippen LogP contribution in [0.5, 0.6) is 0 Å². The summed E-state index contributed by atoms with van der Waals surface area (Å²) in [5.74, 6) is -0.649. The van der Waals surface area contributed by atoms with Crippen LogP contribution < -0.4 is 11.1 Å². The van der Waals surface area contributed by atoms with Crippen LogP contribution in [0.1, 0.15) is 22.8 Å². The summed E-state index contributed by atoms with van der Waals surface area (Å²) in [6, 6.07) is 15.5. The number of nitrogens with one attached hydrogen (secondary N) is 1. The van der Waals surface area contributed by atoms with Crippen LogP contribution in [0.15, 0.2) is 54.6 Å². The van der Waals surface area contributed by atoms with Gasteiger partial charge < -0.3 is 15.8 Å². The Balaban J connectivity index is 1.93. The average molecular weight is 312 g/mol. The molecule has 5 nitrogen and oxygen atoms in total. The molecule has 0 fully saturated rings. The van der Waals surface area contributed by atoms with E-state index in [-0.39, 0.29) is 11.9 Å². The van der Waals surface area contributed by atoms with E-state index in [0.29, 0.717) is 24.3 Å². The molecule has 0 saturated heterocycles. The Kier molecular flexibility index (Phi) is 5.88. The van der Waals surface area contributed by atoms with E-state index < -0.39 is 6.04 Å². The molecule has 2 rings (SSSR count). The molecule has 0 aliphatic heterocycles. The number of hydrogen-bond acceptors (Lipinski definition) is 4. The molecule has 0 saturated carbocycles. The fourth-order valence-corrected chi connectivity index (χ4v) is 2.10. The second-order valence-electron chi connectivity index (χ2n) is 5.08. The summed E-state index contributed by atoms with van der Waals surface area (Å²) in [5.41, 5.74) is 7.97. The molecule has 1 amide bonds. The van der Waals surface area contributed by atoms with Gasteiger partial charge in [-0.25, -0.2) is 4.79 Å². The topological polar surface area (TPSA) is 81.4 Å². The zero-order valence-corrected chi connectivity index (χ0v) is 13.0. The van der Waals surface area contributed by atoms with E-state index in [1.165, 1.54) is 0 Å². The van der Waals surface area contributed by atoms with Gasteiger partial charge in [0.2, 0.25) is 5.91 Å². The van der Waals surface area contributed by atoms with E-state index in [9.17, 15) is 9.59 Å². The minimum Gasteiger partial charge on any atom is -0.462 e. The van der Waals surface area contributed by atoms with Crippen LogP contribution in [0.25, 0.3) is 0 Å².